The summed E-state index contributed by atoms with van der Waals surface area (Å²) in [6.45, 7) is 7.50. The second kappa shape index (κ2) is 8.59. The Morgan fingerprint density at radius 3 is 2.60 bits per heavy atom. The van der Waals surface area contributed by atoms with Crippen LogP contribution in [-0.4, -0.2) is 30.7 Å². The molecule has 1 rings (SSSR count). The first-order valence-corrected chi connectivity index (χ1v) is 7.36. The number of aliphatic hydroxyl groups is 1. The molecule has 0 spiro atoms. The summed E-state index contributed by atoms with van der Waals surface area (Å²) < 4.78 is 0. The molecule has 3 N–H and O–H groups in total. The molecule has 0 fully saturated rings. The van der Waals surface area contributed by atoms with E-state index in [9.17, 15) is 4.79 Å². The van der Waals surface area contributed by atoms with Gasteiger partial charge >= 0.3 is 0 Å². The summed E-state index contributed by atoms with van der Waals surface area (Å²) >= 11 is 0. The molecule has 20 heavy (non-hydrogen) atoms. The van der Waals surface area contributed by atoms with Gasteiger partial charge in [-0.1, -0.05) is 32.8 Å². The fourth-order valence-corrected chi connectivity index (χ4v) is 2.17. The fourth-order valence-electron chi connectivity index (χ4n) is 2.17. The maximum absolute atomic E-state index is 12.0. The summed E-state index contributed by atoms with van der Waals surface area (Å²) in [7, 11) is 0. The number of rotatable bonds is 8. The van der Waals surface area contributed by atoms with Gasteiger partial charge in [-0.2, -0.15) is 0 Å². The summed E-state index contributed by atoms with van der Waals surface area (Å²) in [4.78, 5) is 12.0. The average molecular weight is 278 g/mol. The first-order chi connectivity index (χ1) is 9.63. The van der Waals surface area contributed by atoms with Crippen LogP contribution >= 0.6 is 0 Å². The highest BCUT2D eigenvalue weighted by atomic mass is 16.3. The van der Waals surface area contributed by atoms with Crippen molar-refractivity contribution < 1.29 is 9.90 Å². The van der Waals surface area contributed by atoms with Crippen molar-refractivity contribution in [1.29, 1.82) is 0 Å². The minimum Gasteiger partial charge on any atom is -0.395 e. The molecule has 0 unspecified atom stereocenters. The number of benzene rings is 1. The average Bonchev–Trinajstić information content (AvgIpc) is 2.47. The van der Waals surface area contributed by atoms with Crippen LogP contribution in [0.4, 0.5) is 5.69 Å². The lowest BCUT2D eigenvalue weighted by molar-refractivity contribution is 0.0944. The van der Waals surface area contributed by atoms with Crippen molar-refractivity contribution in [3.05, 3.63) is 29.3 Å². The zero-order valence-corrected chi connectivity index (χ0v) is 12.7. The summed E-state index contributed by atoms with van der Waals surface area (Å²) in [5, 5.41) is 14.9. The molecule has 0 aliphatic rings. The molecule has 4 nitrogen and oxygen atoms in total. The van der Waals surface area contributed by atoms with Gasteiger partial charge in [0.25, 0.3) is 5.91 Å². The van der Waals surface area contributed by atoms with Gasteiger partial charge in [-0.25, -0.2) is 0 Å². The second-order valence-electron chi connectivity index (χ2n) is 5.02. The quantitative estimate of drug-likeness (QED) is 0.685. The molecule has 0 aliphatic heterocycles. The highest BCUT2D eigenvalue weighted by molar-refractivity contribution is 5.97. The fraction of sp³-hybridized carbons (Fsp3) is 0.562. The molecular formula is C16H26N2O2. The van der Waals surface area contributed by atoms with E-state index in [1.165, 1.54) is 0 Å². The number of anilines is 1. The van der Waals surface area contributed by atoms with Crippen LogP contribution in [0, 0.1) is 12.8 Å². The number of carbonyl (C=O) groups excluding carboxylic acids is 1. The Kier molecular flexibility index (Phi) is 7.09. The molecule has 4 heteroatoms. The SMILES string of the molecule is CCC(CC)CNc1cccc(C(=O)NCCO)c1C. The molecule has 1 amide bonds. The van der Waals surface area contributed by atoms with Crippen LogP contribution in [0.5, 0.6) is 0 Å². The topological polar surface area (TPSA) is 61.4 Å². The molecular weight excluding hydrogens is 252 g/mol. The number of aliphatic hydroxyl groups excluding tert-OH is 1. The van der Waals surface area contributed by atoms with Crippen LogP contribution in [0.1, 0.15) is 42.6 Å². The van der Waals surface area contributed by atoms with Gasteiger partial charge < -0.3 is 15.7 Å². The van der Waals surface area contributed by atoms with Gasteiger partial charge in [-0.15, -0.1) is 0 Å². The Bertz CT molecular complexity index is 428. The van der Waals surface area contributed by atoms with E-state index in [1.54, 1.807) is 0 Å². The van der Waals surface area contributed by atoms with Crippen molar-refractivity contribution in [2.45, 2.75) is 33.6 Å². The standard InChI is InChI=1S/C16H26N2O2/c1-4-13(5-2)11-18-15-8-6-7-14(12(15)3)16(20)17-9-10-19/h6-8,13,18-19H,4-5,9-11H2,1-3H3,(H,17,20). The van der Waals surface area contributed by atoms with Crippen molar-refractivity contribution in [2.75, 3.05) is 25.0 Å². The monoisotopic (exact) mass is 278 g/mol. The molecule has 1 aromatic rings. The summed E-state index contributed by atoms with van der Waals surface area (Å²) in [5.41, 5.74) is 2.62. The molecule has 0 aliphatic carbocycles. The Morgan fingerprint density at radius 2 is 2.00 bits per heavy atom. The number of amides is 1. The van der Waals surface area contributed by atoms with E-state index in [2.05, 4.69) is 24.5 Å². The van der Waals surface area contributed by atoms with Crippen LogP contribution in [0.25, 0.3) is 0 Å². The lowest BCUT2D eigenvalue weighted by atomic mass is 10.0. The van der Waals surface area contributed by atoms with Gasteiger partial charge in [0.2, 0.25) is 0 Å². The van der Waals surface area contributed by atoms with Crippen LogP contribution in [0.2, 0.25) is 0 Å². The highest BCUT2D eigenvalue weighted by Gasteiger charge is 2.11. The third-order valence-corrected chi connectivity index (χ3v) is 3.71. The number of hydrogen-bond acceptors (Lipinski definition) is 3. The van der Waals surface area contributed by atoms with Crippen LogP contribution in [0.15, 0.2) is 18.2 Å². The molecule has 0 aromatic heterocycles. The highest BCUT2D eigenvalue weighted by Crippen LogP contribution is 2.20. The van der Waals surface area contributed by atoms with Crippen LogP contribution in [0.3, 0.4) is 0 Å². The van der Waals surface area contributed by atoms with E-state index >= 15 is 0 Å². The third kappa shape index (κ3) is 4.53. The molecule has 0 atom stereocenters. The predicted octanol–water partition coefficient (Wildman–Crippen LogP) is 2.57. The molecule has 0 saturated heterocycles. The lowest BCUT2D eigenvalue weighted by Crippen LogP contribution is -2.27. The van der Waals surface area contributed by atoms with Gasteiger partial charge in [0.05, 0.1) is 6.61 Å². The number of carbonyl (C=O) groups is 1. The van der Waals surface area contributed by atoms with Gasteiger partial charge in [-0.3, -0.25) is 4.79 Å². The van der Waals surface area contributed by atoms with E-state index in [0.717, 1.165) is 30.6 Å². The minimum atomic E-state index is -0.136. The van der Waals surface area contributed by atoms with Crippen molar-refractivity contribution in [3.8, 4) is 0 Å². The Balaban J connectivity index is 2.76. The normalized spacial score (nSPS) is 10.7. The second-order valence-corrected chi connectivity index (χ2v) is 5.02. The predicted molar refractivity (Wildman–Crippen MR) is 83.2 cm³/mol. The summed E-state index contributed by atoms with van der Waals surface area (Å²) in [6, 6.07) is 5.70. The van der Waals surface area contributed by atoms with Crippen molar-refractivity contribution >= 4 is 11.6 Å². The Hall–Kier alpha value is -1.55. The van der Waals surface area contributed by atoms with E-state index in [0.29, 0.717) is 11.5 Å². The Labute approximate surface area is 121 Å². The molecule has 112 valence electrons. The van der Waals surface area contributed by atoms with Gasteiger partial charge in [0, 0.05) is 24.3 Å². The first-order valence-electron chi connectivity index (χ1n) is 7.36. The van der Waals surface area contributed by atoms with Gasteiger partial charge in [0.15, 0.2) is 0 Å². The van der Waals surface area contributed by atoms with Crippen LogP contribution < -0.4 is 10.6 Å². The number of nitrogens with one attached hydrogen (secondary N) is 2. The van der Waals surface area contributed by atoms with Crippen LogP contribution in [-0.2, 0) is 0 Å². The molecule has 0 saturated carbocycles. The van der Waals surface area contributed by atoms with Crippen molar-refractivity contribution in [3.63, 3.8) is 0 Å². The zero-order chi connectivity index (χ0) is 15.0. The maximum atomic E-state index is 12.0. The third-order valence-electron chi connectivity index (χ3n) is 3.71. The van der Waals surface area contributed by atoms with E-state index in [1.807, 2.05) is 25.1 Å². The first kappa shape index (κ1) is 16.5. The van der Waals surface area contributed by atoms with E-state index < -0.39 is 0 Å². The molecule has 0 radical (unpaired) electrons. The van der Waals surface area contributed by atoms with E-state index in [4.69, 9.17) is 5.11 Å². The molecule has 0 bridgehead atoms. The zero-order valence-electron chi connectivity index (χ0n) is 12.7. The molecule has 1 aromatic carbocycles. The summed E-state index contributed by atoms with van der Waals surface area (Å²) in [5.74, 6) is 0.518. The van der Waals surface area contributed by atoms with Gasteiger partial charge in [0.1, 0.15) is 0 Å². The van der Waals surface area contributed by atoms with Crippen molar-refractivity contribution in [1.82, 2.24) is 5.32 Å². The van der Waals surface area contributed by atoms with Crippen molar-refractivity contribution in [2.24, 2.45) is 5.92 Å². The minimum absolute atomic E-state index is 0.0442. The molecule has 0 heterocycles. The largest absolute Gasteiger partial charge is 0.395 e. The lowest BCUT2D eigenvalue weighted by Gasteiger charge is -2.17. The van der Waals surface area contributed by atoms with Gasteiger partial charge in [-0.05, 0) is 30.5 Å². The maximum Gasteiger partial charge on any atom is 0.251 e. The smallest absolute Gasteiger partial charge is 0.251 e. The number of hydrogen-bond donors (Lipinski definition) is 3. The Morgan fingerprint density at radius 1 is 1.30 bits per heavy atom. The summed E-state index contributed by atoms with van der Waals surface area (Å²) in [6.07, 6.45) is 2.30. The van der Waals surface area contributed by atoms with E-state index in [-0.39, 0.29) is 19.1 Å².